The van der Waals surface area contributed by atoms with Gasteiger partial charge in [0, 0.05) is 18.7 Å². The molecule has 29 heavy (non-hydrogen) atoms. The topological polar surface area (TPSA) is 97.0 Å². The lowest BCUT2D eigenvalue weighted by Crippen LogP contribution is -2.46. The Morgan fingerprint density at radius 3 is 2.55 bits per heavy atom. The SMILES string of the molecule is COc1ccc(N2C[C@H](C(=O)NNC(=O)COc3cccc(C)c3)CC2=O)cc1. The van der Waals surface area contributed by atoms with Crippen LogP contribution in [0.2, 0.25) is 0 Å². The van der Waals surface area contributed by atoms with Crippen molar-refractivity contribution >= 4 is 23.4 Å². The standard InChI is InChI=1S/C21H23N3O5/c1-14-4-3-5-18(10-14)29-13-19(25)22-23-21(27)15-11-20(26)24(12-15)16-6-8-17(28-2)9-7-16/h3-10,15H,11-13H2,1-2H3,(H,22,25)(H,23,27)/t15-/m1/s1. The largest absolute Gasteiger partial charge is 0.497 e. The van der Waals surface area contributed by atoms with E-state index in [1.807, 2.05) is 25.1 Å². The van der Waals surface area contributed by atoms with Gasteiger partial charge in [-0.3, -0.25) is 25.2 Å². The highest BCUT2D eigenvalue weighted by Crippen LogP contribution is 2.26. The lowest BCUT2D eigenvalue weighted by atomic mass is 10.1. The van der Waals surface area contributed by atoms with Crippen LogP contribution < -0.4 is 25.2 Å². The molecular formula is C21H23N3O5. The molecule has 0 spiro atoms. The molecule has 1 saturated heterocycles. The van der Waals surface area contributed by atoms with E-state index < -0.39 is 17.7 Å². The molecule has 152 valence electrons. The van der Waals surface area contributed by atoms with Gasteiger partial charge in [0.05, 0.1) is 13.0 Å². The van der Waals surface area contributed by atoms with Crippen LogP contribution in [0.15, 0.2) is 48.5 Å². The van der Waals surface area contributed by atoms with Crippen LogP contribution in [0.25, 0.3) is 0 Å². The maximum absolute atomic E-state index is 12.3. The molecule has 1 aliphatic heterocycles. The molecule has 1 aliphatic rings. The lowest BCUT2D eigenvalue weighted by Gasteiger charge is -2.17. The molecule has 3 amide bonds. The second-order valence-electron chi connectivity index (χ2n) is 6.75. The van der Waals surface area contributed by atoms with Gasteiger partial charge in [-0.05, 0) is 48.9 Å². The lowest BCUT2D eigenvalue weighted by molar-refractivity contribution is -0.132. The Morgan fingerprint density at radius 1 is 1.10 bits per heavy atom. The van der Waals surface area contributed by atoms with Crippen molar-refractivity contribution in [3.05, 3.63) is 54.1 Å². The van der Waals surface area contributed by atoms with Crippen molar-refractivity contribution in [2.45, 2.75) is 13.3 Å². The van der Waals surface area contributed by atoms with Gasteiger partial charge in [0.15, 0.2) is 6.61 Å². The predicted molar refractivity (Wildman–Crippen MR) is 106 cm³/mol. The van der Waals surface area contributed by atoms with Crippen molar-refractivity contribution in [2.75, 3.05) is 25.2 Å². The Morgan fingerprint density at radius 2 is 1.86 bits per heavy atom. The summed E-state index contributed by atoms with van der Waals surface area (Å²) < 4.78 is 10.5. The van der Waals surface area contributed by atoms with Gasteiger partial charge in [0.1, 0.15) is 11.5 Å². The number of carbonyl (C=O) groups is 3. The van der Waals surface area contributed by atoms with Gasteiger partial charge in [-0.25, -0.2) is 0 Å². The van der Waals surface area contributed by atoms with Crippen molar-refractivity contribution in [3.8, 4) is 11.5 Å². The smallest absolute Gasteiger partial charge is 0.276 e. The maximum atomic E-state index is 12.3. The van der Waals surface area contributed by atoms with E-state index in [1.54, 1.807) is 42.3 Å². The van der Waals surface area contributed by atoms with Gasteiger partial charge >= 0.3 is 0 Å². The Hall–Kier alpha value is -3.55. The van der Waals surface area contributed by atoms with Crippen LogP contribution in [0, 0.1) is 12.8 Å². The molecule has 1 heterocycles. The first-order chi connectivity index (χ1) is 14.0. The zero-order valence-corrected chi connectivity index (χ0v) is 16.3. The molecule has 1 atom stereocenters. The van der Waals surface area contributed by atoms with E-state index in [1.165, 1.54) is 0 Å². The molecule has 0 unspecified atom stereocenters. The van der Waals surface area contributed by atoms with Crippen LogP contribution in [-0.2, 0) is 14.4 Å². The summed E-state index contributed by atoms with van der Waals surface area (Å²) in [6.07, 6.45) is 0.0769. The van der Waals surface area contributed by atoms with Crippen LogP contribution in [-0.4, -0.2) is 38.0 Å². The first kappa shape index (κ1) is 20.2. The molecule has 1 fully saturated rings. The average molecular weight is 397 g/mol. The molecular weight excluding hydrogens is 374 g/mol. The molecule has 8 heteroatoms. The van der Waals surface area contributed by atoms with Gasteiger partial charge in [-0.15, -0.1) is 0 Å². The average Bonchev–Trinajstić information content (AvgIpc) is 3.12. The number of amides is 3. The molecule has 0 saturated carbocycles. The number of hydrogen-bond donors (Lipinski definition) is 2. The first-order valence-electron chi connectivity index (χ1n) is 9.19. The highest BCUT2D eigenvalue weighted by Gasteiger charge is 2.35. The summed E-state index contributed by atoms with van der Waals surface area (Å²) in [7, 11) is 1.57. The van der Waals surface area contributed by atoms with E-state index in [-0.39, 0.29) is 25.5 Å². The Bertz CT molecular complexity index is 897. The third-order valence-electron chi connectivity index (χ3n) is 4.56. The molecule has 2 N–H and O–H groups in total. The van der Waals surface area contributed by atoms with E-state index in [4.69, 9.17) is 9.47 Å². The number of methoxy groups -OCH3 is 1. The summed E-state index contributed by atoms with van der Waals surface area (Å²) in [5.74, 6) is -0.352. The number of ether oxygens (including phenoxy) is 2. The third kappa shape index (κ3) is 5.25. The number of hydrogen-bond acceptors (Lipinski definition) is 5. The first-order valence-corrected chi connectivity index (χ1v) is 9.19. The van der Waals surface area contributed by atoms with E-state index in [9.17, 15) is 14.4 Å². The number of aryl methyl sites for hydroxylation is 1. The highest BCUT2D eigenvalue weighted by molar-refractivity contribution is 6.00. The van der Waals surface area contributed by atoms with E-state index >= 15 is 0 Å². The van der Waals surface area contributed by atoms with Crippen molar-refractivity contribution in [1.29, 1.82) is 0 Å². The molecule has 3 rings (SSSR count). The van der Waals surface area contributed by atoms with Crippen molar-refractivity contribution < 1.29 is 23.9 Å². The fourth-order valence-electron chi connectivity index (χ4n) is 3.02. The number of hydrazine groups is 1. The Labute approximate surface area is 168 Å². The Balaban J connectivity index is 1.46. The summed E-state index contributed by atoms with van der Waals surface area (Å²) in [6.45, 7) is 1.93. The van der Waals surface area contributed by atoms with Crippen LogP contribution >= 0.6 is 0 Å². The number of carbonyl (C=O) groups excluding carboxylic acids is 3. The summed E-state index contributed by atoms with van der Waals surface area (Å²) in [5, 5.41) is 0. The van der Waals surface area contributed by atoms with Crippen LogP contribution in [0.3, 0.4) is 0 Å². The summed E-state index contributed by atoms with van der Waals surface area (Å²) in [5.41, 5.74) is 6.40. The number of benzene rings is 2. The molecule has 0 radical (unpaired) electrons. The summed E-state index contributed by atoms with van der Waals surface area (Å²) in [4.78, 5) is 38.0. The summed E-state index contributed by atoms with van der Waals surface area (Å²) >= 11 is 0. The maximum Gasteiger partial charge on any atom is 0.276 e. The van der Waals surface area contributed by atoms with Crippen molar-refractivity contribution in [1.82, 2.24) is 10.9 Å². The molecule has 0 aromatic heterocycles. The molecule has 2 aromatic rings. The number of anilines is 1. The number of rotatable bonds is 6. The van der Waals surface area contributed by atoms with Gasteiger partial charge < -0.3 is 14.4 Å². The third-order valence-corrected chi connectivity index (χ3v) is 4.56. The summed E-state index contributed by atoms with van der Waals surface area (Å²) in [6, 6.07) is 14.3. The van der Waals surface area contributed by atoms with Crippen LogP contribution in [0.1, 0.15) is 12.0 Å². The minimum Gasteiger partial charge on any atom is -0.497 e. The molecule has 0 bridgehead atoms. The fraction of sp³-hybridized carbons (Fsp3) is 0.286. The molecule has 2 aromatic carbocycles. The highest BCUT2D eigenvalue weighted by atomic mass is 16.5. The monoisotopic (exact) mass is 397 g/mol. The van der Waals surface area contributed by atoms with Crippen LogP contribution in [0.5, 0.6) is 11.5 Å². The second-order valence-corrected chi connectivity index (χ2v) is 6.75. The number of nitrogens with zero attached hydrogens (tertiary/aromatic N) is 1. The van der Waals surface area contributed by atoms with E-state index in [0.29, 0.717) is 17.2 Å². The second kappa shape index (κ2) is 9.09. The normalized spacial score (nSPS) is 15.7. The van der Waals surface area contributed by atoms with Gasteiger partial charge in [0.25, 0.3) is 5.91 Å². The van der Waals surface area contributed by atoms with Crippen molar-refractivity contribution in [2.24, 2.45) is 5.92 Å². The fourth-order valence-corrected chi connectivity index (χ4v) is 3.02. The van der Waals surface area contributed by atoms with Crippen molar-refractivity contribution in [3.63, 3.8) is 0 Å². The Kier molecular flexibility index (Phi) is 6.33. The zero-order valence-electron chi connectivity index (χ0n) is 16.3. The zero-order chi connectivity index (χ0) is 20.8. The predicted octanol–water partition coefficient (Wildman–Crippen LogP) is 1.58. The van der Waals surface area contributed by atoms with Gasteiger partial charge in [-0.2, -0.15) is 0 Å². The van der Waals surface area contributed by atoms with E-state index in [2.05, 4.69) is 10.9 Å². The van der Waals surface area contributed by atoms with Gasteiger partial charge in [0.2, 0.25) is 11.8 Å². The molecule has 8 nitrogen and oxygen atoms in total. The molecule has 0 aliphatic carbocycles. The number of nitrogens with one attached hydrogen (secondary N) is 2. The quantitative estimate of drug-likeness (QED) is 0.722. The van der Waals surface area contributed by atoms with Crippen LogP contribution in [0.4, 0.5) is 5.69 Å². The van der Waals surface area contributed by atoms with E-state index in [0.717, 1.165) is 5.56 Å². The minimum atomic E-state index is -0.553. The minimum absolute atomic E-state index is 0.0769. The van der Waals surface area contributed by atoms with Gasteiger partial charge in [-0.1, -0.05) is 12.1 Å².